The first-order chi connectivity index (χ1) is 11.4. The van der Waals surface area contributed by atoms with Crippen molar-refractivity contribution in [3.63, 3.8) is 0 Å². The molecular formula is C17H20N2O3S2. The molecule has 1 N–H and O–H groups in total. The van der Waals surface area contributed by atoms with Gasteiger partial charge in [0.25, 0.3) is 10.0 Å². The normalized spacial score (nSPS) is 15.5. The van der Waals surface area contributed by atoms with Crippen molar-refractivity contribution in [3.05, 3.63) is 46.8 Å². The molecule has 1 aromatic heterocycles. The third-order valence-electron chi connectivity index (χ3n) is 3.93. The third kappa shape index (κ3) is 3.85. The van der Waals surface area contributed by atoms with E-state index in [0.717, 1.165) is 29.0 Å². The van der Waals surface area contributed by atoms with Gasteiger partial charge in [0, 0.05) is 23.7 Å². The maximum Gasteiger partial charge on any atom is 0.252 e. The van der Waals surface area contributed by atoms with Crippen LogP contribution in [0.1, 0.15) is 23.3 Å². The molecule has 3 rings (SSSR count). The lowest BCUT2D eigenvalue weighted by Gasteiger charge is -2.13. The fourth-order valence-electron chi connectivity index (χ4n) is 2.73. The van der Waals surface area contributed by atoms with Crippen LogP contribution in [0.2, 0.25) is 0 Å². The molecule has 5 nitrogen and oxygen atoms in total. The van der Waals surface area contributed by atoms with E-state index in [-0.39, 0.29) is 12.3 Å². The minimum absolute atomic E-state index is 0.146. The van der Waals surface area contributed by atoms with Crippen molar-refractivity contribution in [1.82, 2.24) is 4.31 Å². The SMILES string of the molecule is Cc1cccc(NC(=O)Cc2ccc(S(=O)(=O)N3CCCC3)s2)c1. The molecule has 0 aliphatic carbocycles. The van der Waals surface area contributed by atoms with E-state index in [0.29, 0.717) is 17.3 Å². The van der Waals surface area contributed by atoms with Crippen molar-refractivity contribution < 1.29 is 13.2 Å². The van der Waals surface area contributed by atoms with E-state index in [4.69, 9.17) is 0 Å². The van der Waals surface area contributed by atoms with E-state index in [1.54, 1.807) is 12.1 Å². The molecular weight excluding hydrogens is 344 g/mol. The Labute approximate surface area is 146 Å². The predicted octanol–water partition coefficient (Wildman–Crippen LogP) is 3.02. The quantitative estimate of drug-likeness (QED) is 0.887. The molecule has 1 aliphatic heterocycles. The molecule has 1 aromatic carbocycles. The number of carbonyl (C=O) groups is 1. The molecule has 2 aromatic rings. The molecule has 1 saturated heterocycles. The highest BCUT2D eigenvalue weighted by Gasteiger charge is 2.28. The number of anilines is 1. The van der Waals surface area contributed by atoms with E-state index in [1.165, 1.54) is 15.6 Å². The molecule has 0 atom stereocenters. The van der Waals surface area contributed by atoms with Crippen molar-refractivity contribution in [2.24, 2.45) is 0 Å². The number of sulfonamides is 1. The molecule has 0 radical (unpaired) electrons. The van der Waals surface area contributed by atoms with Gasteiger partial charge < -0.3 is 5.32 Å². The van der Waals surface area contributed by atoms with E-state index >= 15 is 0 Å². The first kappa shape index (κ1) is 17.1. The number of benzene rings is 1. The second kappa shape index (κ2) is 7.04. The van der Waals surface area contributed by atoms with Crippen molar-refractivity contribution in [1.29, 1.82) is 0 Å². The molecule has 1 aliphatic rings. The van der Waals surface area contributed by atoms with Gasteiger partial charge in [0.15, 0.2) is 0 Å². The number of aryl methyl sites for hydroxylation is 1. The van der Waals surface area contributed by atoms with Gasteiger partial charge in [-0.15, -0.1) is 11.3 Å². The van der Waals surface area contributed by atoms with Crippen molar-refractivity contribution >= 4 is 33.0 Å². The van der Waals surface area contributed by atoms with Crippen LogP contribution in [-0.4, -0.2) is 31.7 Å². The summed E-state index contributed by atoms with van der Waals surface area (Å²) in [7, 11) is -3.40. The maximum absolute atomic E-state index is 12.5. The second-order valence-corrected chi connectivity index (χ2v) is 9.26. The van der Waals surface area contributed by atoms with E-state index in [9.17, 15) is 13.2 Å². The molecule has 1 fully saturated rings. The van der Waals surface area contributed by atoms with Crippen LogP contribution in [0.5, 0.6) is 0 Å². The first-order valence-corrected chi connectivity index (χ1v) is 10.2. The third-order valence-corrected chi connectivity index (χ3v) is 7.38. The Morgan fingerprint density at radius 3 is 2.67 bits per heavy atom. The van der Waals surface area contributed by atoms with Crippen LogP contribution in [0.15, 0.2) is 40.6 Å². The Bertz CT molecular complexity index is 837. The Balaban J connectivity index is 1.66. The van der Waals surface area contributed by atoms with Crippen LogP contribution >= 0.6 is 11.3 Å². The van der Waals surface area contributed by atoms with Crippen LogP contribution in [0.3, 0.4) is 0 Å². The lowest BCUT2D eigenvalue weighted by atomic mass is 10.2. The Morgan fingerprint density at radius 2 is 1.96 bits per heavy atom. The zero-order valence-corrected chi connectivity index (χ0v) is 15.1. The standard InChI is InChI=1S/C17H20N2O3S2/c1-13-5-4-6-14(11-13)18-16(20)12-15-7-8-17(23-15)24(21,22)19-9-2-3-10-19/h4-8,11H,2-3,9-10,12H2,1H3,(H,18,20). The zero-order chi connectivity index (χ0) is 17.2. The largest absolute Gasteiger partial charge is 0.326 e. The van der Waals surface area contributed by atoms with E-state index in [1.807, 2.05) is 31.2 Å². The molecule has 0 unspecified atom stereocenters. The number of hydrogen-bond donors (Lipinski definition) is 1. The summed E-state index contributed by atoms with van der Waals surface area (Å²) in [6.07, 6.45) is 2.00. The summed E-state index contributed by atoms with van der Waals surface area (Å²) in [6, 6.07) is 10.9. The minimum atomic E-state index is -3.40. The summed E-state index contributed by atoms with van der Waals surface area (Å²) in [6.45, 7) is 3.14. The Kier molecular flexibility index (Phi) is 5.03. The van der Waals surface area contributed by atoms with Gasteiger partial charge in [0.1, 0.15) is 4.21 Å². The Hall–Kier alpha value is -1.70. The average Bonchev–Trinajstić information content (AvgIpc) is 3.18. The number of hydrogen-bond acceptors (Lipinski definition) is 4. The zero-order valence-electron chi connectivity index (χ0n) is 13.5. The monoisotopic (exact) mass is 364 g/mol. The van der Waals surface area contributed by atoms with Crippen LogP contribution in [0.4, 0.5) is 5.69 Å². The highest BCUT2D eigenvalue weighted by atomic mass is 32.2. The minimum Gasteiger partial charge on any atom is -0.326 e. The smallest absolute Gasteiger partial charge is 0.252 e. The van der Waals surface area contributed by atoms with Crippen LogP contribution in [0, 0.1) is 6.92 Å². The molecule has 24 heavy (non-hydrogen) atoms. The molecule has 0 saturated carbocycles. The fourth-order valence-corrected chi connectivity index (χ4v) is 5.76. The molecule has 2 heterocycles. The van der Waals surface area contributed by atoms with Gasteiger partial charge >= 0.3 is 0 Å². The summed E-state index contributed by atoms with van der Waals surface area (Å²) < 4.78 is 26.8. The van der Waals surface area contributed by atoms with Gasteiger partial charge in [-0.1, -0.05) is 12.1 Å². The van der Waals surface area contributed by atoms with Crippen LogP contribution in [-0.2, 0) is 21.2 Å². The number of nitrogens with zero attached hydrogens (tertiary/aromatic N) is 1. The second-order valence-electron chi connectivity index (χ2n) is 5.93. The summed E-state index contributed by atoms with van der Waals surface area (Å²) >= 11 is 1.18. The van der Waals surface area contributed by atoms with Gasteiger partial charge in [-0.05, 0) is 49.6 Å². The summed E-state index contributed by atoms with van der Waals surface area (Å²) in [5.41, 5.74) is 1.82. The van der Waals surface area contributed by atoms with Gasteiger partial charge in [-0.3, -0.25) is 4.79 Å². The number of thiophene rings is 1. The number of amides is 1. The van der Waals surface area contributed by atoms with Crippen molar-refractivity contribution in [2.75, 3.05) is 18.4 Å². The highest BCUT2D eigenvalue weighted by Crippen LogP contribution is 2.27. The van der Waals surface area contributed by atoms with Crippen molar-refractivity contribution in [3.8, 4) is 0 Å². The van der Waals surface area contributed by atoms with Gasteiger partial charge in [0.05, 0.1) is 6.42 Å². The van der Waals surface area contributed by atoms with Crippen LogP contribution < -0.4 is 5.32 Å². The average molecular weight is 364 g/mol. The van der Waals surface area contributed by atoms with Crippen molar-refractivity contribution in [2.45, 2.75) is 30.4 Å². The van der Waals surface area contributed by atoms with Gasteiger partial charge in [-0.25, -0.2) is 8.42 Å². The van der Waals surface area contributed by atoms with Gasteiger partial charge in [0.2, 0.25) is 5.91 Å². The molecule has 0 spiro atoms. The summed E-state index contributed by atoms with van der Waals surface area (Å²) in [5.74, 6) is -0.146. The molecule has 7 heteroatoms. The Morgan fingerprint density at radius 1 is 1.21 bits per heavy atom. The number of carbonyl (C=O) groups excluding carboxylic acids is 1. The number of rotatable bonds is 5. The predicted molar refractivity (Wildman–Crippen MR) is 95.8 cm³/mol. The molecule has 128 valence electrons. The van der Waals surface area contributed by atoms with E-state index in [2.05, 4.69) is 5.32 Å². The maximum atomic E-state index is 12.5. The topological polar surface area (TPSA) is 66.5 Å². The number of nitrogens with one attached hydrogen (secondary N) is 1. The first-order valence-electron chi connectivity index (χ1n) is 7.90. The highest BCUT2D eigenvalue weighted by molar-refractivity contribution is 7.91. The lowest BCUT2D eigenvalue weighted by molar-refractivity contribution is -0.115. The van der Waals surface area contributed by atoms with Crippen LogP contribution in [0.25, 0.3) is 0 Å². The van der Waals surface area contributed by atoms with E-state index < -0.39 is 10.0 Å². The molecule has 1 amide bonds. The summed E-state index contributed by atoms with van der Waals surface area (Å²) in [5, 5.41) is 2.84. The fraction of sp³-hybridized carbons (Fsp3) is 0.353. The lowest BCUT2D eigenvalue weighted by Crippen LogP contribution is -2.27. The molecule has 0 bridgehead atoms. The van der Waals surface area contributed by atoms with Gasteiger partial charge in [-0.2, -0.15) is 4.31 Å². The summed E-state index contributed by atoms with van der Waals surface area (Å²) in [4.78, 5) is 12.9.